The lowest BCUT2D eigenvalue weighted by atomic mass is 9.97. The van der Waals surface area contributed by atoms with Crippen molar-refractivity contribution in [3.8, 4) is 0 Å². The van der Waals surface area contributed by atoms with Gasteiger partial charge in [0, 0.05) is 11.3 Å². The molecular formula is C14H13FO. The van der Waals surface area contributed by atoms with E-state index < -0.39 is 5.82 Å². The summed E-state index contributed by atoms with van der Waals surface area (Å²) in [7, 11) is 0. The summed E-state index contributed by atoms with van der Waals surface area (Å²) < 4.78 is 14.1. The molecule has 2 heteroatoms. The third-order valence-corrected chi connectivity index (χ3v) is 2.65. The Morgan fingerprint density at radius 3 is 2.50 bits per heavy atom. The molecule has 0 unspecified atom stereocenters. The molecule has 0 amide bonds. The highest BCUT2D eigenvalue weighted by molar-refractivity contribution is 6.01. The van der Waals surface area contributed by atoms with Gasteiger partial charge in [0.25, 0.3) is 0 Å². The van der Waals surface area contributed by atoms with Crippen molar-refractivity contribution in [2.24, 2.45) is 5.92 Å². The van der Waals surface area contributed by atoms with Crippen LogP contribution in [0.2, 0.25) is 0 Å². The first-order valence-corrected chi connectivity index (χ1v) is 5.32. The molecule has 0 saturated carbocycles. The molecule has 0 aromatic heterocycles. The quantitative estimate of drug-likeness (QED) is 0.697. The SMILES string of the molecule is CC(C)C(=O)c1ccc2ccccc2c1F. The Hall–Kier alpha value is -1.70. The highest BCUT2D eigenvalue weighted by Gasteiger charge is 2.16. The molecule has 16 heavy (non-hydrogen) atoms. The minimum atomic E-state index is -0.406. The monoisotopic (exact) mass is 216 g/mol. The van der Waals surface area contributed by atoms with Crippen molar-refractivity contribution in [1.29, 1.82) is 0 Å². The van der Waals surface area contributed by atoms with Crippen molar-refractivity contribution in [2.45, 2.75) is 13.8 Å². The van der Waals surface area contributed by atoms with E-state index in [9.17, 15) is 9.18 Å². The van der Waals surface area contributed by atoms with E-state index in [-0.39, 0.29) is 17.3 Å². The third-order valence-electron chi connectivity index (χ3n) is 2.65. The number of benzene rings is 2. The van der Waals surface area contributed by atoms with E-state index in [1.807, 2.05) is 12.1 Å². The maximum atomic E-state index is 14.1. The van der Waals surface area contributed by atoms with Crippen LogP contribution in [0, 0.1) is 11.7 Å². The van der Waals surface area contributed by atoms with Gasteiger partial charge in [-0.3, -0.25) is 4.79 Å². The highest BCUT2D eigenvalue weighted by Crippen LogP contribution is 2.22. The van der Waals surface area contributed by atoms with E-state index in [0.717, 1.165) is 5.39 Å². The van der Waals surface area contributed by atoms with Crippen LogP contribution in [-0.2, 0) is 0 Å². The summed E-state index contributed by atoms with van der Waals surface area (Å²) in [5, 5.41) is 1.33. The number of rotatable bonds is 2. The summed E-state index contributed by atoms with van der Waals surface area (Å²) in [5.41, 5.74) is 0.189. The van der Waals surface area contributed by atoms with Crippen LogP contribution in [0.15, 0.2) is 36.4 Å². The zero-order valence-electron chi connectivity index (χ0n) is 9.33. The predicted molar refractivity (Wildman–Crippen MR) is 63.1 cm³/mol. The van der Waals surface area contributed by atoms with E-state index in [0.29, 0.717) is 5.39 Å². The molecule has 2 rings (SSSR count). The van der Waals surface area contributed by atoms with Crippen molar-refractivity contribution in [1.82, 2.24) is 0 Å². The Bertz CT molecular complexity index is 543. The zero-order valence-corrected chi connectivity index (χ0v) is 9.33. The van der Waals surface area contributed by atoms with Crippen LogP contribution in [0.4, 0.5) is 4.39 Å². The Morgan fingerprint density at radius 2 is 1.81 bits per heavy atom. The maximum absolute atomic E-state index is 14.1. The fourth-order valence-corrected chi connectivity index (χ4v) is 1.73. The maximum Gasteiger partial charge on any atom is 0.168 e. The molecular weight excluding hydrogens is 203 g/mol. The largest absolute Gasteiger partial charge is 0.294 e. The molecule has 82 valence electrons. The van der Waals surface area contributed by atoms with Crippen molar-refractivity contribution >= 4 is 16.6 Å². The molecule has 0 atom stereocenters. The average Bonchev–Trinajstić information content (AvgIpc) is 2.29. The van der Waals surface area contributed by atoms with Crippen LogP contribution in [-0.4, -0.2) is 5.78 Å². The Kier molecular flexibility index (Phi) is 2.73. The fourth-order valence-electron chi connectivity index (χ4n) is 1.73. The van der Waals surface area contributed by atoms with Gasteiger partial charge in [-0.2, -0.15) is 0 Å². The molecule has 0 aliphatic rings. The van der Waals surface area contributed by atoms with E-state index >= 15 is 0 Å². The first-order chi connectivity index (χ1) is 7.61. The van der Waals surface area contributed by atoms with Crippen LogP contribution in [0.3, 0.4) is 0 Å². The first-order valence-electron chi connectivity index (χ1n) is 5.32. The number of Topliss-reactive ketones (excluding diaryl/α,β-unsaturated/α-hetero) is 1. The molecule has 0 spiro atoms. The number of hydrogen-bond acceptors (Lipinski definition) is 1. The van der Waals surface area contributed by atoms with E-state index in [2.05, 4.69) is 0 Å². The smallest absolute Gasteiger partial charge is 0.168 e. The van der Waals surface area contributed by atoms with Gasteiger partial charge < -0.3 is 0 Å². The van der Waals surface area contributed by atoms with Gasteiger partial charge in [0.15, 0.2) is 5.78 Å². The minimum Gasteiger partial charge on any atom is -0.294 e. The topological polar surface area (TPSA) is 17.1 Å². The Morgan fingerprint density at radius 1 is 1.12 bits per heavy atom. The predicted octanol–water partition coefficient (Wildman–Crippen LogP) is 3.82. The molecule has 2 aromatic carbocycles. The highest BCUT2D eigenvalue weighted by atomic mass is 19.1. The van der Waals surface area contributed by atoms with Gasteiger partial charge in [-0.1, -0.05) is 44.2 Å². The molecule has 0 aliphatic heterocycles. The molecule has 0 radical (unpaired) electrons. The number of halogens is 1. The van der Waals surface area contributed by atoms with E-state index in [4.69, 9.17) is 0 Å². The van der Waals surface area contributed by atoms with Crippen LogP contribution in [0.25, 0.3) is 10.8 Å². The molecule has 0 heterocycles. The van der Waals surface area contributed by atoms with Crippen molar-refractivity contribution < 1.29 is 9.18 Å². The third kappa shape index (κ3) is 1.71. The van der Waals surface area contributed by atoms with Gasteiger partial charge in [-0.05, 0) is 11.5 Å². The van der Waals surface area contributed by atoms with Gasteiger partial charge in [0.1, 0.15) is 5.82 Å². The van der Waals surface area contributed by atoms with Crippen molar-refractivity contribution in [3.63, 3.8) is 0 Å². The lowest BCUT2D eigenvalue weighted by Crippen LogP contribution is -2.09. The zero-order chi connectivity index (χ0) is 11.7. The number of carbonyl (C=O) groups excluding carboxylic acids is 1. The summed E-state index contributed by atoms with van der Waals surface area (Å²) >= 11 is 0. The van der Waals surface area contributed by atoms with Gasteiger partial charge >= 0.3 is 0 Å². The molecule has 0 aliphatic carbocycles. The molecule has 0 N–H and O–H groups in total. The number of ketones is 1. The summed E-state index contributed by atoms with van der Waals surface area (Å²) in [4.78, 5) is 11.8. The first kappa shape index (κ1) is 10.8. The average molecular weight is 216 g/mol. The molecule has 0 saturated heterocycles. The van der Waals surface area contributed by atoms with Crippen LogP contribution in [0.1, 0.15) is 24.2 Å². The lowest BCUT2D eigenvalue weighted by Gasteiger charge is -2.07. The lowest BCUT2D eigenvalue weighted by molar-refractivity contribution is 0.0935. The summed E-state index contributed by atoms with van der Waals surface area (Å²) in [6, 6.07) is 10.5. The number of hydrogen-bond donors (Lipinski definition) is 0. The van der Waals surface area contributed by atoms with Gasteiger partial charge in [-0.25, -0.2) is 4.39 Å². The van der Waals surface area contributed by atoms with Gasteiger partial charge in [0.2, 0.25) is 0 Å². The molecule has 0 bridgehead atoms. The molecule has 2 aromatic rings. The Labute approximate surface area is 93.9 Å². The summed E-state index contributed by atoms with van der Waals surface area (Å²) in [6.45, 7) is 3.55. The van der Waals surface area contributed by atoms with Gasteiger partial charge in [-0.15, -0.1) is 0 Å². The standard InChI is InChI=1S/C14H13FO/c1-9(2)14(16)12-8-7-10-5-3-4-6-11(10)13(12)15/h3-9H,1-2H3. The molecule has 1 nitrogen and oxygen atoms in total. The van der Waals surface area contributed by atoms with Crippen molar-refractivity contribution in [2.75, 3.05) is 0 Å². The van der Waals surface area contributed by atoms with Crippen LogP contribution >= 0.6 is 0 Å². The number of carbonyl (C=O) groups is 1. The van der Waals surface area contributed by atoms with E-state index in [1.54, 1.807) is 38.1 Å². The van der Waals surface area contributed by atoms with Crippen molar-refractivity contribution in [3.05, 3.63) is 47.8 Å². The second kappa shape index (κ2) is 4.05. The second-order valence-corrected chi connectivity index (χ2v) is 4.17. The van der Waals surface area contributed by atoms with Gasteiger partial charge in [0.05, 0.1) is 5.56 Å². The molecule has 0 fully saturated rings. The minimum absolute atomic E-state index is 0.150. The van der Waals surface area contributed by atoms with Crippen LogP contribution < -0.4 is 0 Å². The fraction of sp³-hybridized carbons (Fsp3) is 0.214. The van der Waals surface area contributed by atoms with Crippen LogP contribution in [0.5, 0.6) is 0 Å². The normalized spacial score (nSPS) is 11.0. The second-order valence-electron chi connectivity index (χ2n) is 4.17. The number of fused-ring (bicyclic) bond motifs is 1. The van der Waals surface area contributed by atoms with E-state index in [1.165, 1.54) is 0 Å². The Balaban J connectivity index is 2.65. The summed E-state index contributed by atoms with van der Waals surface area (Å²) in [6.07, 6.45) is 0. The summed E-state index contributed by atoms with van der Waals surface area (Å²) in [5.74, 6) is -0.740.